The van der Waals surface area contributed by atoms with E-state index < -0.39 is 20.6 Å². The summed E-state index contributed by atoms with van der Waals surface area (Å²) >= 11 is 0. The third kappa shape index (κ3) is 10.4. The Labute approximate surface area is 127 Å². The van der Waals surface area contributed by atoms with Crippen LogP contribution in [-0.2, 0) is 9.13 Å². The number of hydrogen-bond acceptors (Lipinski definition) is 2. The third-order valence-corrected chi connectivity index (χ3v) is 7.27. The number of allylic oxidation sites excluding steroid dienone is 2. The lowest BCUT2D eigenvalue weighted by Gasteiger charge is -2.19. The van der Waals surface area contributed by atoms with Crippen LogP contribution in [0.5, 0.6) is 0 Å². The van der Waals surface area contributed by atoms with Gasteiger partial charge in [0.1, 0.15) is 0 Å². The van der Waals surface area contributed by atoms with E-state index in [0.29, 0.717) is 18.8 Å². The smallest absolute Gasteiger partial charge is 0.324 e. The monoisotopic (exact) mass is 342 g/mol. The summed E-state index contributed by atoms with van der Waals surface area (Å²) in [6.07, 6.45) is 6.11. The van der Waals surface area contributed by atoms with Gasteiger partial charge in [-0.1, -0.05) is 37.8 Å². The van der Waals surface area contributed by atoms with Crippen molar-refractivity contribution in [3.63, 3.8) is 0 Å². The SMILES string of the molecule is CC(C)=CCCC(C)CCCCC(P(=O)(O)O)P(=O)(O)O. The predicted octanol–water partition coefficient (Wildman–Crippen LogP) is 3.61. The molecule has 1 unspecified atom stereocenters. The van der Waals surface area contributed by atoms with Crippen molar-refractivity contribution < 1.29 is 28.7 Å². The lowest BCUT2D eigenvalue weighted by molar-refractivity contribution is 0.332. The summed E-state index contributed by atoms with van der Waals surface area (Å²) in [5.74, 6) is 0.490. The lowest BCUT2D eigenvalue weighted by atomic mass is 9.98. The van der Waals surface area contributed by atoms with E-state index >= 15 is 0 Å². The molecular formula is C13H28O6P2. The highest BCUT2D eigenvalue weighted by Crippen LogP contribution is 2.61. The molecule has 0 aromatic heterocycles. The maximum atomic E-state index is 11.1. The molecule has 6 nitrogen and oxygen atoms in total. The molecule has 0 aliphatic carbocycles. The molecule has 4 N–H and O–H groups in total. The van der Waals surface area contributed by atoms with Crippen LogP contribution >= 0.6 is 15.2 Å². The normalized spacial score (nSPS) is 14.3. The molecule has 0 rings (SSSR count). The van der Waals surface area contributed by atoms with Gasteiger partial charge in [-0.25, -0.2) is 0 Å². The number of hydrogen-bond donors (Lipinski definition) is 4. The van der Waals surface area contributed by atoms with Crippen LogP contribution in [0.3, 0.4) is 0 Å². The molecule has 21 heavy (non-hydrogen) atoms. The van der Waals surface area contributed by atoms with E-state index in [4.69, 9.17) is 19.6 Å². The molecule has 0 radical (unpaired) electrons. The molecule has 0 spiro atoms. The minimum absolute atomic E-state index is 0.144. The maximum absolute atomic E-state index is 11.1. The van der Waals surface area contributed by atoms with Crippen LogP contribution in [0.4, 0.5) is 0 Å². The fourth-order valence-electron chi connectivity index (χ4n) is 2.15. The van der Waals surface area contributed by atoms with Gasteiger partial charge in [0, 0.05) is 0 Å². The topological polar surface area (TPSA) is 115 Å². The van der Waals surface area contributed by atoms with Gasteiger partial charge in [0.15, 0.2) is 5.40 Å². The Bertz CT molecular complexity index is 396. The van der Waals surface area contributed by atoms with Crippen molar-refractivity contribution >= 4 is 15.2 Å². The Morgan fingerprint density at radius 2 is 1.43 bits per heavy atom. The lowest BCUT2D eigenvalue weighted by Crippen LogP contribution is -2.09. The molecule has 0 saturated carbocycles. The summed E-state index contributed by atoms with van der Waals surface area (Å²) < 4.78 is 22.2. The second-order valence-electron chi connectivity index (χ2n) is 5.91. The summed E-state index contributed by atoms with van der Waals surface area (Å²) in [7, 11) is -9.52. The van der Waals surface area contributed by atoms with E-state index in [1.807, 2.05) is 0 Å². The molecule has 126 valence electrons. The van der Waals surface area contributed by atoms with Gasteiger partial charge >= 0.3 is 15.2 Å². The van der Waals surface area contributed by atoms with Crippen molar-refractivity contribution in [3.8, 4) is 0 Å². The fourth-order valence-corrected chi connectivity index (χ4v) is 4.76. The zero-order valence-electron chi connectivity index (χ0n) is 13.0. The number of rotatable bonds is 10. The summed E-state index contributed by atoms with van der Waals surface area (Å²) in [4.78, 5) is 36.0. The van der Waals surface area contributed by atoms with Gasteiger partial charge in [-0.2, -0.15) is 0 Å². The van der Waals surface area contributed by atoms with Crippen molar-refractivity contribution in [3.05, 3.63) is 11.6 Å². The highest BCUT2D eigenvalue weighted by Gasteiger charge is 2.42. The second-order valence-corrected chi connectivity index (χ2v) is 9.92. The van der Waals surface area contributed by atoms with Gasteiger partial charge in [-0.05, 0) is 39.0 Å². The summed E-state index contributed by atoms with van der Waals surface area (Å²) in [5, 5.41) is -1.86. The molecular weight excluding hydrogens is 314 g/mol. The standard InChI is InChI=1S/C13H28O6P2/c1-11(2)7-6-9-12(3)8-4-5-10-13(20(14,15)16)21(17,18)19/h7,12-13H,4-6,8-10H2,1-3H3,(H2,14,15,16)(H2,17,18,19). The first-order valence-electron chi connectivity index (χ1n) is 7.18. The molecule has 8 heteroatoms. The zero-order chi connectivity index (χ0) is 16.7. The van der Waals surface area contributed by atoms with Crippen molar-refractivity contribution in [2.24, 2.45) is 5.92 Å². The van der Waals surface area contributed by atoms with Crippen LogP contribution in [0.25, 0.3) is 0 Å². The van der Waals surface area contributed by atoms with E-state index in [2.05, 4.69) is 26.8 Å². The van der Waals surface area contributed by atoms with E-state index in [0.717, 1.165) is 19.3 Å². The van der Waals surface area contributed by atoms with Gasteiger partial charge in [0.25, 0.3) is 0 Å². The number of unbranched alkanes of at least 4 members (excludes halogenated alkanes) is 1. The van der Waals surface area contributed by atoms with E-state index in [-0.39, 0.29) is 6.42 Å². The Morgan fingerprint density at radius 1 is 0.952 bits per heavy atom. The maximum Gasteiger partial charge on any atom is 0.340 e. The highest BCUT2D eigenvalue weighted by atomic mass is 31.2. The zero-order valence-corrected chi connectivity index (χ0v) is 14.8. The summed E-state index contributed by atoms with van der Waals surface area (Å²) in [6.45, 7) is 6.21. The van der Waals surface area contributed by atoms with Crippen molar-refractivity contribution in [2.45, 2.75) is 64.7 Å². The molecule has 0 fully saturated rings. The molecule has 0 aromatic rings. The predicted molar refractivity (Wildman–Crippen MR) is 84.2 cm³/mol. The molecule has 0 bridgehead atoms. The summed E-state index contributed by atoms with van der Waals surface area (Å²) in [6, 6.07) is 0. The second kappa shape index (κ2) is 9.24. The van der Waals surface area contributed by atoms with Crippen molar-refractivity contribution in [1.29, 1.82) is 0 Å². The quantitative estimate of drug-likeness (QED) is 0.274. The van der Waals surface area contributed by atoms with E-state index in [1.165, 1.54) is 5.57 Å². The first-order chi connectivity index (χ1) is 9.44. The average Bonchev–Trinajstić information content (AvgIpc) is 2.24. The van der Waals surface area contributed by atoms with E-state index in [1.54, 1.807) is 0 Å². The van der Waals surface area contributed by atoms with Crippen molar-refractivity contribution in [1.82, 2.24) is 0 Å². The largest absolute Gasteiger partial charge is 0.340 e. The molecule has 0 aliphatic heterocycles. The van der Waals surface area contributed by atoms with Crippen LogP contribution in [-0.4, -0.2) is 25.0 Å². The van der Waals surface area contributed by atoms with Crippen LogP contribution in [0.2, 0.25) is 0 Å². The summed E-state index contributed by atoms with van der Waals surface area (Å²) in [5.41, 5.74) is 1.29. The molecule has 0 amide bonds. The van der Waals surface area contributed by atoms with Crippen molar-refractivity contribution in [2.75, 3.05) is 0 Å². The average molecular weight is 342 g/mol. The Morgan fingerprint density at radius 3 is 1.86 bits per heavy atom. The molecule has 0 saturated heterocycles. The van der Waals surface area contributed by atoms with Gasteiger partial charge in [-0.15, -0.1) is 0 Å². The molecule has 0 heterocycles. The minimum atomic E-state index is -4.76. The Kier molecular flexibility index (Phi) is 9.26. The molecule has 0 aliphatic rings. The van der Waals surface area contributed by atoms with Gasteiger partial charge in [0.05, 0.1) is 0 Å². The third-order valence-electron chi connectivity index (χ3n) is 3.40. The van der Waals surface area contributed by atoms with E-state index in [9.17, 15) is 9.13 Å². The first-order valence-corrected chi connectivity index (χ1v) is 10.5. The van der Waals surface area contributed by atoms with Gasteiger partial charge in [-0.3, -0.25) is 9.13 Å². The van der Waals surface area contributed by atoms with Gasteiger partial charge < -0.3 is 19.6 Å². The van der Waals surface area contributed by atoms with Crippen LogP contribution < -0.4 is 0 Å². The Balaban J connectivity index is 4.10. The highest BCUT2D eigenvalue weighted by molar-refractivity contribution is 7.70. The molecule has 1 atom stereocenters. The van der Waals surface area contributed by atoms with Crippen LogP contribution in [0.15, 0.2) is 11.6 Å². The van der Waals surface area contributed by atoms with Crippen LogP contribution in [0, 0.1) is 5.92 Å². The minimum Gasteiger partial charge on any atom is -0.324 e. The molecule has 0 aromatic carbocycles. The van der Waals surface area contributed by atoms with Crippen LogP contribution in [0.1, 0.15) is 59.3 Å². The fraction of sp³-hybridized carbons (Fsp3) is 0.846. The van der Waals surface area contributed by atoms with Gasteiger partial charge in [0.2, 0.25) is 0 Å². The Hall–Kier alpha value is 0.0400. The first kappa shape index (κ1) is 21.0.